The zero-order valence-corrected chi connectivity index (χ0v) is 10.4. The fourth-order valence-corrected chi connectivity index (χ4v) is 1.69. The van der Waals surface area contributed by atoms with Gasteiger partial charge in [0.05, 0.1) is 0 Å². The number of aryl methyl sites for hydroxylation is 1. The van der Waals surface area contributed by atoms with Crippen LogP contribution in [0.3, 0.4) is 0 Å². The molecule has 0 bridgehead atoms. The maximum atomic E-state index is 10.4. The molecule has 5 heteroatoms. The van der Waals surface area contributed by atoms with Crippen molar-refractivity contribution in [2.24, 2.45) is 0 Å². The van der Waals surface area contributed by atoms with E-state index in [1.807, 2.05) is 24.3 Å². The molecule has 0 saturated heterocycles. The van der Waals surface area contributed by atoms with Crippen LogP contribution >= 0.6 is 0 Å². The Morgan fingerprint density at radius 3 is 2.47 bits per heavy atom. The Balaban J connectivity index is 1.89. The largest absolute Gasteiger partial charge is 0.481 e. The van der Waals surface area contributed by atoms with Gasteiger partial charge < -0.3 is 10.4 Å². The van der Waals surface area contributed by atoms with Gasteiger partial charge in [-0.2, -0.15) is 0 Å². The number of hydrogen-bond acceptors (Lipinski definition) is 4. The SMILES string of the molecule is O=C(O)CCCc1ccc(Nc2ncccn2)cc1. The number of carbonyl (C=O) groups is 1. The monoisotopic (exact) mass is 257 g/mol. The standard InChI is InChI=1S/C14H15N3O2/c18-13(19)4-1-3-11-5-7-12(8-6-11)17-14-15-9-2-10-16-14/h2,5-10H,1,3-4H2,(H,18,19)(H,15,16,17). The van der Waals surface area contributed by atoms with E-state index in [4.69, 9.17) is 5.11 Å². The summed E-state index contributed by atoms with van der Waals surface area (Å²) < 4.78 is 0. The Kier molecular flexibility index (Phi) is 4.44. The van der Waals surface area contributed by atoms with Crippen molar-refractivity contribution < 1.29 is 9.90 Å². The molecule has 5 nitrogen and oxygen atoms in total. The van der Waals surface area contributed by atoms with Crippen LogP contribution in [-0.4, -0.2) is 21.0 Å². The smallest absolute Gasteiger partial charge is 0.303 e. The van der Waals surface area contributed by atoms with E-state index in [-0.39, 0.29) is 6.42 Å². The first-order valence-electron chi connectivity index (χ1n) is 6.09. The number of carboxylic acids is 1. The number of nitrogens with zero attached hydrogens (tertiary/aromatic N) is 2. The zero-order chi connectivity index (χ0) is 13.5. The summed E-state index contributed by atoms with van der Waals surface area (Å²) in [5, 5.41) is 11.7. The topological polar surface area (TPSA) is 75.1 Å². The molecule has 2 aromatic rings. The molecule has 1 heterocycles. The van der Waals surface area contributed by atoms with Gasteiger partial charge in [-0.05, 0) is 36.6 Å². The lowest BCUT2D eigenvalue weighted by atomic mass is 10.1. The quantitative estimate of drug-likeness (QED) is 0.832. The average Bonchev–Trinajstić information content (AvgIpc) is 2.42. The van der Waals surface area contributed by atoms with Crippen molar-refractivity contribution in [1.82, 2.24) is 9.97 Å². The molecular formula is C14H15N3O2. The summed E-state index contributed by atoms with van der Waals surface area (Å²) >= 11 is 0. The van der Waals surface area contributed by atoms with Crippen LogP contribution in [0.5, 0.6) is 0 Å². The predicted octanol–water partition coefficient (Wildman–Crippen LogP) is 2.63. The normalized spacial score (nSPS) is 10.1. The summed E-state index contributed by atoms with van der Waals surface area (Å²) in [4.78, 5) is 18.6. The third-order valence-electron chi connectivity index (χ3n) is 2.63. The van der Waals surface area contributed by atoms with Crippen LogP contribution in [0.1, 0.15) is 18.4 Å². The Labute approximate surface area is 111 Å². The first kappa shape index (κ1) is 13.0. The molecule has 1 aromatic carbocycles. The first-order valence-corrected chi connectivity index (χ1v) is 6.09. The molecule has 19 heavy (non-hydrogen) atoms. The number of hydrogen-bond donors (Lipinski definition) is 2. The number of nitrogens with one attached hydrogen (secondary N) is 1. The molecule has 0 saturated carbocycles. The predicted molar refractivity (Wildman–Crippen MR) is 72.3 cm³/mol. The van der Waals surface area contributed by atoms with Gasteiger partial charge >= 0.3 is 5.97 Å². The Morgan fingerprint density at radius 2 is 1.84 bits per heavy atom. The van der Waals surface area contributed by atoms with Crippen LogP contribution in [0.15, 0.2) is 42.7 Å². The van der Waals surface area contributed by atoms with E-state index in [9.17, 15) is 4.79 Å². The molecule has 0 aliphatic carbocycles. The summed E-state index contributed by atoms with van der Waals surface area (Å²) in [5.41, 5.74) is 2.04. The van der Waals surface area contributed by atoms with Gasteiger partial charge in [0.1, 0.15) is 0 Å². The van der Waals surface area contributed by atoms with Crippen LogP contribution in [0.4, 0.5) is 11.6 Å². The van der Waals surface area contributed by atoms with Gasteiger partial charge in [0.25, 0.3) is 0 Å². The highest BCUT2D eigenvalue weighted by atomic mass is 16.4. The van der Waals surface area contributed by atoms with Crippen molar-refractivity contribution in [2.45, 2.75) is 19.3 Å². The Hall–Kier alpha value is -2.43. The van der Waals surface area contributed by atoms with Crippen LogP contribution in [0.25, 0.3) is 0 Å². The molecule has 0 spiro atoms. The van der Waals surface area contributed by atoms with Gasteiger partial charge in [-0.15, -0.1) is 0 Å². The highest BCUT2D eigenvalue weighted by molar-refractivity contribution is 5.66. The summed E-state index contributed by atoms with van der Waals surface area (Å²) in [7, 11) is 0. The fraction of sp³-hybridized carbons (Fsp3) is 0.214. The van der Waals surface area contributed by atoms with E-state index in [2.05, 4.69) is 15.3 Å². The van der Waals surface area contributed by atoms with E-state index in [0.717, 1.165) is 17.7 Å². The number of benzene rings is 1. The van der Waals surface area contributed by atoms with E-state index in [0.29, 0.717) is 12.4 Å². The van der Waals surface area contributed by atoms with Crippen LogP contribution < -0.4 is 5.32 Å². The molecule has 0 radical (unpaired) electrons. The van der Waals surface area contributed by atoms with Gasteiger partial charge in [0.2, 0.25) is 5.95 Å². The van der Waals surface area contributed by atoms with Gasteiger partial charge in [-0.3, -0.25) is 4.79 Å². The number of aromatic nitrogens is 2. The lowest BCUT2D eigenvalue weighted by molar-refractivity contribution is -0.137. The molecule has 1 aromatic heterocycles. The average molecular weight is 257 g/mol. The van der Waals surface area contributed by atoms with Crippen molar-refractivity contribution in [3.63, 3.8) is 0 Å². The van der Waals surface area contributed by atoms with Crippen molar-refractivity contribution >= 4 is 17.6 Å². The summed E-state index contributed by atoms with van der Waals surface area (Å²) in [6.07, 6.45) is 4.99. The maximum Gasteiger partial charge on any atom is 0.303 e. The van der Waals surface area contributed by atoms with E-state index in [1.54, 1.807) is 18.5 Å². The molecule has 0 unspecified atom stereocenters. The summed E-state index contributed by atoms with van der Waals surface area (Å²) in [6, 6.07) is 9.59. The third-order valence-corrected chi connectivity index (χ3v) is 2.63. The first-order chi connectivity index (χ1) is 9.24. The minimum absolute atomic E-state index is 0.206. The van der Waals surface area contributed by atoms with Crippen molar-refractivity contribution in [1.29, 1.82) is 0 Å². The number of anilines is 2. The highest BCUT2D eigenvalue weighted by Gasteiger charge is 2.00. The molecule has 98 valence electrons. The molecule has 2 rings (SSSR count). The van der Waals surface area contributed by atoms with Gasteiger partial charge in [0.15, 0.2) is 0 Å². The number of carboxylic acid groups (broad SMARTS) is 1. The van der Waals surface area contributed by atoms with Gasteiger partial charge in [-0.1, -0.05) is 12.1 Å². The fourth-order valence-electron chi connectivity index (χ4n) is 1.69. The van der Waals surface area contributed by atoms with Gasteiger partial charge in [-0.25, -0.2) is 9.97 Å². The molecule has 2 N–H and O–H groups in total. The molecule has 0 amide bonds. The van der Waals surface area contributed by atoms with Crippen molar-refractivity contribution in [3.8, 4) is 0 Å². The maximum absolute atomic E-state index is 10.4. The molecule has 0 atom stereocenters. The number of rotatable bonds is 6. The summed E-state index contributed by atoms with van der Waals surface area (Å²) in [6.45, 7) is 0. The highest BCUT2D eigenvalue weighted by Crippen LogP contribution is 2.14. The van der Waals surface area contributed by atoms with Gasteiger partial charge in [0, 0.05) is 24.5 Å². The molecular weight excluding hydrogens is 242 g/mol. The second-order valence-corrected chi connectivity index (χ2v) is 4.14. The lowest BCUT2D eigenvalue weighted by Gasteiger charge is -2.05. The zero-order valence-electron chi connectivity index (χ0n) is 10.4. The minimum atomic E-state index is -0.750. The Morgan fingerprint density at radius 1 is 1.16 bits per heavy atom. The van der Waals surface area contributed by atoms with E-state index >= 15 is 0 Å². The lowest BCUT2D eigenvalue weighted by Crippen LogP contribution is -1.97. The van der Waals surface area contributed by atoms with Crippen LogP contribution in [0.2, 0.25) is 0 Å². The number of aliphatic carboxylic acids is 1. The minimum Gasteiger partial charge on any atom is -0.481 e. The van der Waals surface area contributed by atoms with E-state index in [1.165, 1.54) is 0 Å². The van der Waals surface area contributed by atoms with Crippen molar-refractivity contribution in [3.05, 3.63) is 48.3 Å². The van der Waals surface area contributed by atoms with Crippen molar-refractivity contribution in [2.75, 3.05) is 5.32 Å². The second kappa shape index (κ2) is 6.49. The molecule has 0 aliphatic heterocycles. The van der Waals surface area contributed by atoms with Crippen LogP contribution in [0, 0.1) is 0 Å². The summed E-state index contributed by atoms with van der Waals surface area (Å²) in [5.74, 6) is -0.194. The third kappa shape index (κ3) is 4.39. The molecule has 0 aliphatic rings. The Bertz CT molecular complexity index is 526. The van der Waals surface area contributed by atoms with Crippen LogP contribution in [-0.2, 0) is 11.2 Å². The second-order valence-electron chi connectivity index (χ2n) is 4.14. The van der Waals surface area contributed by atoms with E-state index < -0.39 is 5.97 Å². The molecule has 0 fully saturated rings.